The van der Waals surface area contributed by atoms with Crippen molar-refractivity contribution in [3.63, 3.8) is 0 Å². The summed E-state index contributed by atoms with van der Waals surface area (Å²) in [5, 5.41) is 6.38. The van der Waals surface area contributed by atoms with Gasteiger partial charge in [0.15, 0.2) is 0 Å². The van der Waals surface area contributed by atoms with Gasteiger partial charge in [-0.25, -0.2) is 0 Å². The van der Waals surface area contributed by atoms with Crippen LogP contribution >= 0.6 is 12.4 Å². The van der Waals surface area contributed by atoms with Crippen LogP contribution in [0.1, 0.15) is 31.2 Å². The summed E-state index contributed by atoms with van der Waals surface area (Å²) in [4.78, 5) is 12.1. The number of ether oxygens (including phenoxy) is 1. The van der Waals surface area contributed by atoms with Crippen molar-refractivity contribution in [3.05, 3.63) is 29.8 Å². The van der Waals surface area contributed by atoms with E-state index in [0.717, 1.165) is 37.4 Å². The van der Waals surface area contributed by atoms with Crippen molar-refractivity contribution in [2.75, 3.05) is 26.7 Å². The van der Waals surface area contributed by atoms with Crippen LogP contribution in [0.15, 0.2) is 24.3 Å². The molecule has 2 unspecified atom stereocenters. The van der Waals surface area contributed by atoms with E-state index in [0.29, 0.717) is 5.92 Å². The maximum absolute atomic E-state index is 12.1. The molecule has 0 aromatic heterocycles. The molecule has 1 fully saturated rings. The highest BCUT2D eigenvalue weighted by atomic mass is 35.5. The summed E-state index contributed by atoms with van der Waals surface area (Å²) < 4.78 is 5.19. The first kappa shape index (κ1) is 17.8. The van der Waals surface area contributed by atoms with E-state index >= 15 is 0 Å². The number of carbonyl (C=O) groups excluding carboxylic acids is 1. The largest absolute Gasteiger partial charge is 0.497 e. The first-order chi connectivity index (χ1) is 9.70. The molecule has 4 nitrogen and oxygen atoms in total. The van der Waals surface area contributed by atoms with Crippen molar-refractivity contribution in [1.82, 2.24) is 10.6 Å². The Morgan fingerprint density at radius 1 is 1.52 bits per heavy atom. The molecule has 0 bridgehead atoms. The van der Waals surface area contributed by atoms with Gasteiger partial charge in [-0.05, 0) is 56.5 Å². The van der Waals surface area contributed by atoms with E-state index in [1.165, 1.54) is 6.42 Å². The molecular formula is C16H25ClN2O2. The Balaban J connectivity index is 0.00000220. The lowest BCUT2D eigenvalue weighted by Gasteiger charge is -2.14. The lowest BCUT2D eigenvalue weighted by Crippen LogP contribution is -2.30. The fourth-order valence-electron chi connectivity index (χ4n) is 2.58. The van der Waals surface area contributed by atoms with Crippen molar-refractivity contribution in [3.8, 4) is 5.75 Å². The summed E-state index contributed by atoms with van der Waals surface area (Å²) in [6.45, 7) is 4.89. The van der Waals surface area contributed by atoms with Crippen LogP contribution in [0.25, 0.3) is 0 Å². The molecule has 2 N–H and O–H groups in total. The number of methoxy groups -OCH3 is 1. The van der Waals surface area contributed by atoms with E-state index < -0.39 is 0 Å². The Hall–Kier alpha value is -1.26. The minimum Gasteiger partial charge on any atom is -0.497 e. The highest BCUT2D eigenvalue weighted by Gasteiger charge is 2.17. The number of carbonyl (C=O) groups is 1. The number of amides is 1. The smallest absolute Gasteiger partial charge is 0.227 e. The summed E-state index contributed by atoms with van der Waals surface area (Å²) >= 11 is 0. The average molecular weight is 313 g/mol. The van der Waals surface area contributed by atoms with Crippen molar-refractivity contribution in [1.29, 1.82) is 0 Å². The van der Waals surface area contributed by atoms with Gasteiger partial charge in [0.25, 0.3) is 0 Å². The lowest BCUT2D eigenvalue weighted by atomic mass is 9.99. The van der Waals surface area contributed by atoms with Gasteiger partial charge in [0.05, 0.1) is 13.0 Å². The maximum Gasteiger partial charge on any atom is 0.227 e. The van der Waals surface area contributed by atoms with E-state index in [9.17, 15) is 4.79 Å². The summed E-state index contributed by atoms with van der Waals surface area (Å²) in [6, 6.07) is 7.70. The molecule has 1 aromatic carbocycles. The van der Waals surface area contributed by atoms with Crippen LogP contribution in [-0.2, 0) is 4.79 Å². The Morgan fingerprint density at radius 3 is 3.00 bits per heavy atom. The molecular weight excluding hydrogens is 288 g/mol. The Kier molecular flexibility index (Phi) is 7.54. The second-order valence-electron chi connectivity index (χ2n) is 5.44. The number of nitrogens with one attached hydrogen (secondary N) is 2. The van der Waals surface area contributed by atoms with Crippen LogP contribution in [0.3, 0.4) is 0 Å². The summed E-state index contributed by atoms with van der Waals surface area (Å²) in [5.74, 6) is 1.44. The molecule has 2 rings (SSSR count). The molecule has 0 radical (unpaired) electrons. The molecule has 1 amide bonds. The van der Waals surface area contributed by atoms with Crippen LogP contribution in [0, 0.1) is 5.92 Å². The predicted molar refractivity (Wildman–Crippen MR) is 87.3 cm³/mol. The molecule has 1 aliphatic heterocycles. The van der Waals surface area contributed by atoms with Gasteiger partial charge in [-0.1, -0.05) is 12.1 Å². The van der Waals surface area contributed by atoms with Gasteiger partial charge in [0, 0.05) is 6.54 Å². The Bertz CT molecular complexity index is 448. The fourth-order valence-corrected chi connectivity index (χ4v) is 2.58. The first-order valence-electron chi connectivity index (χ1n) is 7.33. The zero-order valence-corrected chi connectivity index (χ0v) is 13.5. The SMILES string of the molecule is COc1cccc(C(C)C(=O)NCCC2CCNC2)c1.Cl. The lowest BCUT2D eigenvalue weighted by molar-refractivity contribution is -0.122. The van der Waals surface area contributed by atoms with Crippen LogP contribution in [0.2, 0.25) is 0 Å². The molecule has 0 spiro atoms. The van der Waals surface area contributed by atoms with Crippen LogP contribution in [0.4, 0.5) is 0 Å². The number of benzene rings is 1. The van der Waals surface area contributed by atoms with E-state index in [4.69, 9.17) is 4.74 Å². The number of hydrogen-bond acceptors (Lipinski definition) is 3. The molecule has 1 aromatic rings. The van der Waals surface area contributed by atoms with Gasteiger partial charge >= 0.3 is 0 Å². The molecule has 2 atom stereocenters. The van der Waals surface area contributed by atoms with Gasteiger partial charge in [-0.3, -0.25) is 4.79 Å². The second kappa shape index (κ2) is 8.90. The van der Waals surface area contributed by atoms with Crippen LogP contribution in [-0.4, -0.2) is 32.7 Å². The third-order valence-electron chi connectivity index (χ3n) is 4.00. The van der Waals surface area contributed by atoms with Gasteiger partial charge in [-0.2, -0.15) is 0 Å². The number of rotatable bonds is 6. The molecule has 1 saturated heterocycles. The second-order valence-corrected chi connectivity index (χ2v) is 5.44. The molecule has 1 aliphatic rings. The van der Waals surface area contributed by atoms with Gasteiger partial charge in [0.2, 0.25) is 5.91 Å². The summed E-state index contributed by atoms with van der Waals surface area (Å²) in [6.07, 6.45) is 2.28. The quantitative estimate of drug-likeness (QED) is 0.847. The molecule has 0 saturated carbocycles. The van der Waals surface area contributed by atoms with Crippen LogP contribution in [0.5, 0.6) is 5.75 Å². The minimum absolute atomic E-state index is 0. The van der Waals surface area contributed by atoms with Crippen molar-refractivity contribution in [2.45, 2.75) is 25.7 Å². The Morgan fingerprint density at radius 2 is 2.33 bits per heavy atom. The van der Waals surface area contributed by atoms with Crippen LogP contribution < -0.4 is 15.4 Å². The standard InChI is InChI=1S/C16H24N2O2.ClH/c1-12(14-4-3-5-15(10-14)20-2)16(19)18-9-7-13-6-8-17-11-13;/h3-5,10,12-13,17H,6-9,11H2,1-2H3,(H,18,19);1H. The molecule has 1 heterocycles. The maximum atomic E-state index is 12.1. The molecule has 118 valence electrons. The van der Waals surface area contributed by atoms with E-state index in [1.807, 2.05) is 31.2 Å². The normalized spacial score (nSPS) is 18.7. The number of hydrogen-bond donors (Lipinski definition) is 2. The van der Waals surface area contributed by atoms with Crippen molar-refractivity contribution >= 4 is 18.3 Å². The zero-order chi connectivity index (χ0) is 14.4. The van der Waals surface area contributed by atoms with Gasteiger partial charge in [-0.15, -0.1) is 12.4 Å². The van der Waals surface area contributed by atoms with Crippen molar-refractivity contribution in [2.24, 2.45) is 5.92 Å². The summed E-state index contributed by atoms with van der Waals surface area (Å²) in [7, 11) is 1.64. The highest BCUT2D eigenvalue weighted by molar-refractivity contribution is 5.85. The van der Waals surface area contributed by atoms with E-state index in [2.05, 4.69) is 10.6 Å². The average Bonchev–Trinajstić information content (AvgIpc) is 2.99. The third-order valence-corrected chi connectivity index (χ3v) is 4.00. The molecule has 21 heavy (non-hydrogen) atoms. The minimum atomic E-state index is -0.146. The van der Waals surface area contributed by atoms with Gasteiger partial charge in [0.1, 0.15) is 5.75 Å². The van der Waals surface area contributed by atoms with Gasteiger partial charge < -0.3 is 15.4 Å². The zero-order valence-electron chi connectivity index (χ0n) is 12.7. The molecule has 0 aliphatic carbocycles. The third kappa shape index (κ3) is 5.21. The monoisotopic (exact) mass is 312 g/mol. The topological polar surface area (TPSA) is 50.4 Å². The fraction of sp³-hybridized carbons (Fsp3) is 0.562. The van der Waals surface area contributed by atoms with E-state index in [1.54, 1.807) is 7.11 Å². The summed E-state index contributed by atoms with van der Waals surface area (Å²) in [5.41, 5.74) is 0.990. The number of halogens is 1. The highest BCUT2D eigenvalue weighted by Crippen LogP contribution is 2.20. The predicted octanol–water partition coefficient (Wildman–Crippen LogP) is 2.34. The van der Waals surface area contributed by atoms with Crippen molar-refractivity contribution < 1.29 is 9.53 Å². The van der Waals surface area contributed by atoms with E-state index in [-0.39, 0.29) is 24.2 Å². The first-order valence-corrected chi connectivity index (χ1v) is 7.33. The molecule has 5 heteroatoms. The Labute approximate surface area is 133 Å².